The van der Waals surface area contributed by atoms with Gasteiger partial charge >= 0.3 is 0 Å². The van der Waals surface area contributed by atoms with E-state index in [2.05, 4.69) is 14.7 Å². The summed E-state index contributed by atoms with van der Waals surface area (Å²) in [7, 11) is 0. The van der Waals surface area contributed by atoms with Crippen LogP contribution in [-0.4, -0.2) is 84.2 Å². The number of carbonyl (C=O) groups excluding carboxylic acids is 1. The molecule has 0 radical (unpaired) electrons. The number of hydrogen-bond acceptors (Lipinski definition) is 4. The smallest absolute Gasteiger partial charge is 0.222 e. The number of nitrogens with zero attached hydrogens (tertiary/aromatic N) is 3. The average molecular weight is 338 g/mol. The van der Waals surface area contributed by atoms with Gasteiger partial charge in [-0.25, -0.2) is 0 Å². The lowest BCUT2D eigenvalue weighted by molar-refractivity contribution is -0.133. The Kier molecular flexibility index (Phi) is 6.93. The molecule has 5 heteroatoms. The maximum atomic E-state index is 12.4. The van der Waals surface area contributed by atoms with Gasteiger partial charge < -0.3 is 14.9 Å². The van der Waals surface area contributed by atoms with Crippen LogP contribution in [0.4, 0.5) is 0 Å². The Morgan fingerprint density at radius 2 is 1.71 bits per heavy atom. The Hall–Kier alpha value is -0.650. The summed E-state index contributed by atoms with van der Waals surface area (Å²) in [6, 6.07) is 0.619. The largest absolute Gasteiger partial charge is 0.396 e. The molecule has 1 N–H and O–H groups in total. The van der Waals surface area contributed by atoms with Gasteiger partial charge in [0.15, 0.2) is 0 Å². The number of aliphatic hydroxyl groups is 1. The highest BCUT2D eigenvalue weighted by atomic mass is 16.3. The van der Waals surface area contributed by atoms with E-state index in [0.717, 1.165) is 51.9 Å². The fourth-order valence-corrected chi connectivity index (χ4v) is 4.68. The van der Waals surface area contributed by atoms with E-state index in [1.165, 1.54) is 45.3 Å². The zero-order valence-corrected chi connectivity index (χ0v) is 15.2. The third kappa shape index (κ3) is 4.93. The first-order valence-corrected chi connectivity index (χ1v) is 10.1. The molecular weight excluding hydrogens is 302 g/mol. The van der Waals surface area contributed by atoms with Gasteiger partial charge in [-0.3, -0.25) is 9.69 Å². The van der Waals surface area contributed by atoms with Crippen molar-refractivity contribution in [1.29, 1.82) is 0 Å². The van der Waals surface area contributed by atoms with E-state index in [4.69, 9.17) is 0 Å². The van der Waals surface area contributed by atoms with Crippen LogP contribution in [0.1, 0.15) is 51.4 Å². The maximum absolute atomic E-state index is 12.4. The lowest BCUT2D eigenvalue weighted by Gasteiger charge is -2.42. The van der Waals surface area contributed by atoms with Crippen LogP contribution in [0.2, 0.25) is 0 Å². The number of aliphatic hydroxyl groups excluding tert-OH is 1. The molecule has 0 aromatic carbocycles. The van der Waals surface area contributed by atoms with Crippen LogP contribution in [0, 0.1) is 5.92 Å². The van der Waals surface area contributed by atoms with Crippen LogP contribution < -0.4 is 0 Å². The van der Waals surface area contributed by atoms with E-state index in [1.807, 2.05) is 0 Å². The molecule has 138 valence electrons. The van der Waals surface area contributed by atoms with Gasteiger partial charge in [0.25, 0.3) is 0 Å². The van der Waals surface area contributed by atoms with Gasteiger partial charge in [0.1, 0.15) is 0 Å². The van der Waals surface area contributed by atoms with Crippen LogP contribution >= 0.6 is 0 Å². The molecule has 5 nitrogen and oxygen atoms in total. The summed E-state index contributed by atoms with van der Waals surface area (Å²) < 4.78 is 0. The Bertz CT molecular complexity index is 390. The number of rotatable bonds is 6. The Morgan fingerprint density at radius 3 is 2.42 bits per heavy atom. The molecule has 0 aromatic rings. The van der Waals surface area contributed by atoms with Gasteiger partial charge in [-0.15, -0.1) is 0 Å². The fraction of sp³-hybridized carbons (Fsp3) is 0.947. The first-order valence-electron chi connectivity index (χ1n) is 10.1. The number of piperidine rings is 2. The average Bonchev–Trinajstić information content (AvgIpc) is 3.15. The highest BCUT2D eigenvalue weighted by Crippen LogP contribution is 2.24. The molecule has 0 aromatic heterocycles. The maximum Gasteiger partial charge on any atom is 0.222 e. The lowest BCUT2D eigenvalue weighted by Crippen LogP contribution is -2.50. The van der Waals surface area contributed by atoms with Crippen molar-refractivity contribution in [3.05, 3.63) is 0 Å². The second-order valence-electron chi connectivity index (χ2n) is 7.95. The second-order valence-corrected chi connectivity index (χ2v) is 7.95. The minimum absolute atomic E-state index is 0.324. The molecule has 3 fully saturated rings. The van der Waals surface area contributed by atoms with Crippen LogP contribution in [0.15, 0.2) is 0 Å². The SMILES string of the molecule is O=C(CCCN1CCCC1)N1CCC(N2CCCC(CO)C2)CC1. The summed E-state index contributed by atoms with van der Waals surface area (Å²) in [5, 5.41) is 9.40. The van der Waals surface area contributed by atoms with Crippen molar-refractivity contribution in [3.8, 4) is 0 Å². The van der Waals surface area contributed by atoms with E-state index >= 15 is 0 Å². The normalized spacial score (nSPS) is 27.7. The lowest BCUT2D eigenvalue weighted by atomic mass is 9.94. The monoisotopic (exact) mass is 337 g/mol. The zero-order valence-electron chi connectivity index (χ0n) is 15.2. The van der Waals surface area contributed by atoms with Gasteiger partial charge in [0.2, 0.25) is 5.91 Å². The van der Waals surface area contributed by atoms with E-state index in [9.17, 15) is 9.90 Å². The van der Waals surface area contributed by atoms with E-state index < -0.39 is 0 Å². The molecule has 3 aliphatic rings. The summed E-state index contributed by atoms with van der Waals surface area (Å²) in [5.74, 6) is 0.823. The Morgan fingerprint density at radius 1 is 0.958 bits per heavy atom. The molecule has 3 heterocycles. The number of likely N-dealkylation sites (tertiary alicyclic amines) is 3. The number of carbonyl (C=O) groups is 1. The first-order chi connectivity index (χ1) is 11.8. The van der Waals surface area contributed by atoms with Crippen LogP contribution in [0.3, 0.4) is 0 Å². The molecule has 3 rings (SSSR count). The van der Waals surface area contributed by atoms with Crippen molar-refractivity contribution >= 4 is 5.91 Å². The summed E-state index contributed by atoms with van der Waals surface area (Å²) in [5.41, 5.74) is 0. The van der Waals surface area contributed by atoms with E-state index in [1.54, 1.807) is 0 Å². The van der Waals surface area contributed by atoms with Crippen molar-refractivity contribution in [2.45, 2.75) is 57.4 Å². The predicted molar refractivity (Wildman–Crippen MR) is 95.9 cm³/mol. The standard InChI is InChI=1S/C19H35N3O2/c23-16-17-5-3-12-22(15-17)18-7-13-21(14-8-18)19(24)6-4-11-20-9-1-2-10-20/h17-18,23H,1-16H2. The zero-order chi connectivity index (χ0) is 16.8. The highest BCUT2D eigenvalue weighted by molar-refractivity contribution is 5.76. The topological polar surface area (TPSA) is 47.0 Å². The molecule has 24 heavy (non-hydrogen) atoms. The van der Waals surface area contributed by atoms with Gasteiger partial charge in [-0.05, 0) is 77.0 Å². The summed E-state index contributed by atoms with van der Waals surface area (Å²) in [6.45, 7) is 7.94. The van der Waals surface area contributed by atoms with Crippen LogP contribution in [0.25, 0.3) is 0 Å². The number of hydrogen-bond donors (Lipinski definition) is 1. The van der Waals surface area contributed by atoms with Crippen molar-refractivity contribution in [3.63, 3.8) is 0 Å². The summed E-state index contributed by atoms with van der Waals surface area (Å²) in [4.78, 5) is 19.6. The van der Waals surface area contributed by atoms with Crippen LogP contribution in [0.5, 0.6) is 0 Å². The number of amides is 1. The highest BCUT2D eigenvalue weighted by Gasteiger charge is 2.29. The Labute approximate surface area is 147 Å². The molecule has 1 amide bonds. The molecule has 0 spiro atoms. The molecule has 3 saturated heterocycles. The summed E-state index contributed by atoms with van der Waals surface area (Å²) in [6.07, 6.45) is 8.99. The molecule has 0 bridgehead atoms. The minimum Gasteiger partial charge on any atom is -0.396 e. The minimum atomic E-state index is 0.324. The Balaban J connectivity index is 1.34. The van der Waals surface area contributed by atoms with E-state index in [0.29, 0.717) is 24.5 Å². The third-order valence-corrected chi connectivity index (χ3v) is 6.21. The van der Waals surface area contributed by atoms with Crippen LogP contribution in [-0.2, 0) is 4.79 Å². The molecule has 1 atom stereocenters. The molecule has 1 unspecified atom stereocenters. The third-order valence-electron chi connectivity index (χ3n) is 6.21. The quantitative estimate of drug-likeness (QED) is 0.799. The molecule has 0 aliphatic carbocycles. The van der Waals surface area contributed by atoms with Crippen molar-refractivity contribution in [1.82, 2.24) is 14.7 Å². The van der Waals surface area contributed by atoms with Crippen molar-refractivity contribution in [2.75, 3.05) is 52.4 Å². The molecule has 3 aliphatic heterocycles. The molecular formula is C19H35N3O2. The second kappa shape index (κ2) is 9.16. The van der Waals surface area contributed by atoms with Crippen molar-refractivity contribution < 1.29 is 9.90 Å². The van der Waals surface area contributed by atoms with Gasteiger partial charge in [-0.2, -0.15) is 0 Å². The van der Waals surface area contributed by atoms with Gasteiger partial charge in [0, 0.05) is 38.7 Å². The van der Waals surface area contributed by atoms with Gasteiger partial charge in [0.05, 0.1) is 0 Å². The predicted octanol–water partition coefficient (Wildman–Crippen LogP) is 1.56. The molecule has 0 saturated carbocycles. The van der Waals surface area contributed by atoms with Gasteiger partial charge in [-0.1, -0.05) is 0 Å². The first kappa shape index (κ1) is 18.2. The van der Waals surface area contributed by atoms with Crippen molar-refractivity contribution in [2.24, 2.45) is 5.92 Å². The van der Waals surface area contributed by atoms with E-state index in [-0.39, 0.29) is 0 Å². The summed E-state index contributed by atoms with van der Waals surface area (Å²) >= 11 is 0. The fourth-order valence-electron chi connectivity index (χ4n) is 4.68.